The molecule has 1 fully saturated rings. The van der Waals surface area contributed by atoms with Gasteiger partial charge in [-0.15, -0.1) is 0 Å². The molecule has 1 heterocycles. The third-order valence-electron chi connectivity index (χ3n) is 4.87. The minimum atomic E-state index is -0.398. The van der Waals surface area contributed by atoms with Crippen LogP contribution in [0.3, 0.4) is 0 Å². The number of primary amides is 1. The molecular formula is C21H23ClN2O3. The van der Waals surface area contributed by atoms with Gasteiger partial charge in [-0.1, -0.05) is 35.9 Å². The highest BCUT2D eigenvalue weighted by Gasteiger charge is 2.34. The van der Waals surface area contributed by atoms with E-state index in [9.17, 15) is 9.59 Å². The summed E-state index contributed by atoms with van der Waals surface area (Å²) < 4.78 is 6.08. The molecule has 142 valence electrons. The minimum Gasteiger partial charge on any atom is -0.490 e. The number of benzene rings is 2. The predicted octanol–water partition coefficient (Wildman–Crippen LogP) is 3.43. The molecule has 6 heteroatoms. The van der Waals surface area contributed by atoms with Crippen molar-refractivity contribution in [3.8, 4) is 5.75 Å². The molecule has 2 aromatic rings. The summed E-state index contributed by atoms with van der Waals surface area (Å²) in [6, 6.07) is 14.7. The second kappa shape index (κ2) is 8.44. The van der Waals surface area contributed by atoms with E-state index in [1.165, 1.54) is 0 Å². The topological polar surface area (TPSA) is 72.6 Å². The number of aryl methyl sites for hydroxylation is 1. The second-order valence-electron chi connectivity index (χ2n) is 6.90. The maximum atomic E-state index is 12.9. The number of halogens is 1. The zero-order valence-corrected chi connectivity index (χ0v) is 16.0. The Morgan fingerprint density at radius 2 is 2.00 bits per heavy atom. The number of nitrogens with two attached hydrogens (primary N) is 1. The maximum absolute atomic E-state index is 12.9. The summed E-state index contributed by atoms with van der Waals surface area (Å²) in [5.41, 5.74) is 7.06. The van der Waals surface area contributed by atoms with Gasteiger partial charge in [-0.05, 0) is 36.8 Å². The van der Waals surface area contributed by atoms with Crippen LogP contribution in [0.4, 0.5) is 0 Å². The monoisotopic (exact) mass is 386 g/mol. The van der Waals surface area contributed by atoms with Gasteiger partial charge in [0.05, 0.1) is 0 Å². The van der Waals surface area contributed by atoms with E-state index in [1.807, 2.05) is 43.3 Å². The molecule has 0 unspecified atom stereocenters. The number of hydrogen-bond donors (Lipinski definition) is 1. The fourth-order valence-corrected chi connectivity index (χ4v) is 3.68. The van der Waals surface area contributed by atoms with Crippen molar-refractivity contribution in [3.05, 3.63) is 64.7 Å². The summed E-state index contributed by atoms with van der Waals surface area (Å²) in [4.78, 5) is 26.3. The van der Waals surface area contributed by atoms with Crippen LogP contribution in [0.15, 0.2) is 48.5 Å². The Morgan fingerprint density at radius 3 is 2.70 bits per heavy atom. The van der Waals surface area contributed by atoms with E-state index in [-0.39, 0.29) is 24.3 Å². The van der Waals surface area contributed by atoms with Crippen molar-refractivity contribution >= 4 is 23.4 Å². The summed E-state index contributed by atoms with van der Waals surface area (Å²) in [5.74, 6) is 0.0671. The van der Waals surface area contributed by atoms with Crippen LogP contribution in [0, 0.1) is 12.8 Å². The first-order valence-corrected chi connectivity index (χ1v) is 9.37. The van der Waals surface area contributed by atoms with Gasteiger partial charge in [-0.25, -0.2) is 0 Å². The van der Waals surface area contributed by atoms with Crippen molar-refractivity contribution in [2.45, 2.75) is 25.9 Å². The Labute approximate surface area is 164 Å². The van der Waals surface area contributed by atoms with Gasteiger partial charge in [0.25, 0.3) is 5.91 Å². The van der Waals surface area contributed by atoms with Gasteiger partial charge in [-0.3, -0.25) is 9.59 Å². The van der Waals surface area contributed by atoms with Crippen LogP contribution >= 0.6 is 11.6 Å². The highest BCUT2D eigenvalue weighted by molar-refractivity contribution is 6.30. The van der Waals surface area contributed by atoms with Crippen molar-refractivity contribution in [2.24, 2.45) is 11.7 Å². The van der Waals surface area contributed by atoms with Crippen LogP contribution < -0.4 is 10.5 Å². The Bertz CT molecular complexity index is 840. The van der Waals surface area contributed by atoms with E-state index in [4.69, 9.17) is 22.1 Å². The molecule has 0 aliphatic carbocycles. The normalized spacial score (nSPS) is 19.6. The number of rotatable bonds is 5. The van der Waals surface area contributed by atoms with E-state index in [0.717, 1.165) is 5.56 Å². The third kappa shape index (κ3) is 4.80. The number of carbonyl (C=O) groups is 2. The van der Waals surface area contributed by atoms with Crippen molar-refractivity contribution < 1.29 is 14.3 Å². The summed E-state index contributed by atoms with van der Waals surface area (Å²) >= 11 is 6.02. The molecular weight excluding hydrogens is 364 g/mol. The number of nitrogens with zero attached hydrogens (tertiary/aromatic N) is 1. The molecule has 3 rings (SSSR count). The van der Waals surface area contributed by atoms with Crippen LogP contribution in [0.2, 0.25) is 5.02 Å². The van der Waals surface area contributed by atoms with Gasteiger partial charge in [0.15, 0.2) is 0 Å². The Hall–Kier alpha value is -2.53. The molecule has 0 spiro atoms. The van der Waals surface area contributed by atoms with Crippen molar-refractivity contribution in [1.82, 2.24) is 4.90 Å². The van der Waals surface area contributed by atoms with Gasteiger partial charge < -0.3 is 15.4 Å². The van der Waals surface area contributed by atoms with Gasteiger partial charge >= 0.3 is 0 Å². The predicted molar refractivity (Wildman–Crippen MR) is 105 cm³/mol. The quantitative estimate of drug-likeness (QED) is 0.855. The lowest BCUT2D eigenvalue weighted by atomic mass is 9.90. The molecule has 0 saturated carbocycles. The number of carbonyl (C=O) groups excluding carboxylic acids is 2. The van der Waals surface area contributed by atoms with E-state index in [1.54, 1.807) is 17.0 Å². The summed E-state index contributed by atoms with van der Waals surface area (Å²) in [6.45, 7) is 2.91. The number of likely N-dealkylation sites (tertiary alicyclic amines) is 1. The van der Waals surface area contributed by atoms with Crippen molar-refractivity contribution in [1.29, 1.82) is 0 Å². The average Bonchev–Trinajstić information content (AvgIpc) is 2.62. The third-order valence-corrected chi connectivity index (χ3v) is 5.11. The summed E-state index contributed by atoms with van der Waals surface area (Å²) in [5, 5.41) is 0.589. The minimum absolute atomic E-state index is 0.0243. The van der Waals surface area contributed by atoms with Gasteiger partial charge in [0.1, 0.15) is 11.9 Å². The smallest absolute Gasteiger partial charge is 0.254 e. The Morgan fingerprint density at radius 1 is 1.22 bits per heavy atom. The number of hydrogen-bond acceptors (Lipinski definition) is 3. The molecule has 5 nitrogen and oxygen atoms in total. The summed E-state index contributed by atoms with van der Waals surface area (Å²) in [7, 11) is 0. The zero-order chi connectivity index (χ0) is 19.4. The fourth-order valence-electron chi connectivity index (χ4n) is 3.50. The molecule has 2 N–H and O–H groups in total. The number of piperidine rings is 1. The van der Waals surface area contributed by atoms with Gasteiger partial charge in [-0.2, -0.15) is 0 Å². The average molecular weight is 387 g/mol. The van der Waals surface area contributed by atoms with E-state index >= 15 is 0 Å². The largest absolute Gasteiger partial charge is 0.490 e. The lowest BCUT2D eigenvalue weighted by Gasteiger charge is -2.38. The van der Waals surface area contributed by atoms with E-state index in [0.29, 0.717) is 35.8 Å². The van der Waals surface area contributed by atoms with Crippen LogP contribution in [0.25, 0.3) is 0 Å². The Balaban J connectivity index is 1.75. The van der Waals surface area contributed by atoms with Gasteiger partial charge in [0, 0.05) is 42.4 Å². The first kappa shape index (κ1) is 19.2. The molecule has 0 bridgehead atoms. The van der Waals surface area contributed by atoms with Crippen LogP contribution in [-0.2, 0) is 4.79 Å². The number of amides is 2. The molecule has 1 saturated heterocycles. The molecule has 2 atom stereocenters. The second-order valence-corrected chi connectivity index (χ2v) is 7.34. The summed E-state index contributed by atoms with van der Waals surface area (Å²) in [6.07, 6.45) is 0.599. The molecule has 27 heavy (non-hydrogen) atoms. The molecule has 2 aromatic carbocycles. The molecule has 0 radical (unpaired) electrons. The molecule has 2 amide bonds. The highest BCUT2D eigenvalue weighted by atomic mass is 35.5. The van der Waals surface area contributed by atoms with Gasteiger partial charge in [0.2, 0.25) is 5.91 Å². The molecule has 0 aromatic heterocycles. The van der Waals surface area contributed by atoms with Crippen LogP contribution in [0.1, 0.15) is 28.8 Å². The van der Waals surface area contributed by atoms with Crippen molar-refractivity contribution in [3.63, 3.8) is 0 Å². The lowest BCUT2D eigenvalue weighted by molar-refractivity contribution is -0.120. The van der Waals surface area contributed by atoms with E-state index < -0.39 is 5.91 Å². The van der Waals surface area contributed by atoms with Crippen LogP contribution in [-0.4, -0.2) is 35.9 Å². The SMILES string of the molecule is Cc1ccccc1C(=O)N1CC[C@H](Oc2cccc(Cl)c2)[C@@H](CC(N)=O)C1. The fraction of sp³-hybridized carbons (Fsp3) is 0.333. The first-order chi connectivity index (χ1) is 12.9. The Kier molecular flexibility index (Phi) is 6.01. The lowest BCUT2D eigenvalue weighted by Crippen LogP contribution is -2.49. The molecule has 1 aliphatic rings. The van der Waals surface area contributed by atoms with Crippen LogP contribution in [0.5, 0.6) is 5.75 Å². The molecule has 1 aliphatic heterocycles. The van der Waals surface area contributed by atoms with Crippen molar-refractivity contribution in [2.75, 3.05) is 13.1 Å². The zero-order valence-electron chi connectivity index (χ0n) is 15.2. The maximum Gasteiger partial charge on any atom is 0.254 e. The first-order valence-electron chi connectivity index (χ1n) is 8.99. The number of ether oxygens (including phenoxy) is 1. The van der Waals surface area contributed by atoms with E-state index in [2.05, 4.69) is 0 Å². The highest BCUT2D eigenvalue weighted by Crippen LogP contribution is 2.28. The standard InChI is InChI=1S/C21H23ClN2O3/c1-14-5-2-3-8-18(14)21(26)24-10-9-19(15(13-24)11-20(23)25)27-17-7-4-6-16(22)12-17/h2-8,12,15,19H,9-11,13H2,1H3,(H2,23,25)/t15-,19-/m0/s1.